The van der Waals surface area contributed by atoms with Gasteiger partial charge in [0, 0.05) is 16.5 Å². The fourth-order valence-electron chi connectivity index (χ4n) is 3.32. The van der Waals surface area contributed by atoms with Crippen molar-refractivity contribution in [1.29, 1.82) is 0 Å². The van der Waals surface area contributed by atoms with E-state index in [0.29, 0.717) is 5.39 Å². The molecule has 30 heavy (non-hydrogen) atoms. The predicted molar refractivity (Wildman–Crippen MR) is 118 cm³/mol. The summed E-state index contributed by atoms with van der Waals surface area (Å²) in [6.07, 6.45) is 5.81. The van der Waals surface area contributed by atoms with Gasteiger partial charge in [0.15, 0.2) is 23.2 Å². The molecule has 4 heteroatoms. The minimum atomic E-state index is -0.969. The summed E-state index contributed by atoms with van der Waals surface area (Å²) in [4.78, 5) is 0. The van der Waals surface area contributed by atoms with Gasteiger partial charge in [-0.25, -0.2) is 13.2 Å². The molecule has 0 heterocycles. The standard InChI is InChI=1S/C26H25F3O/c1-3-5-6-7-18-8-10-19(11-9-18)24(27)25(28)21-12-14-22-20(17-21)13-15-23(26(22)29)30-16-4-2/h4,8-15,17H,2-3,5-7,16H2,1H3. The number of benzene rings is 3. The van der Waals surface area contributed by atoms with Crippen LogP contribution >= 0.6 is 0 Å². The molecule has 0 fully saturated rings. The third-order valence-electron chi connectivity index (χ3n) is 5.00. The number of hydrogen-bond donors (Lipinski definition) is 0. The van der Waals surface area contributed by atoms with Gasteiger partial charge in [-0.1, -0.05) is 74.9 Å². The van der Waals surface area contributed by atoms with Crippen LogP contribution in [0.25, 0.3) is 22.4 Å². The molecule has 156 valence electrons. The Labute approximate surface area is 175 Å². The second-order valence-electron chi connectivity index (χ2n) is 7.20. The Bertz CT molecular complexity index is 1050. The van der Waals surface area contributed by atoms with Gasteiger partial charge >= 0.3 is 0 Å². The van der Waals surface area contributed by atoms with Crippen molar-refractivity contribution in [2.45, 2.75) is 32.6 Å². The Hall–Kier alpha value is -3.01. The van der Waals surface area contributed by atoms with Crippen molar-refractivity contribution in [3.05, 3.63) is 89.8 Å². The molecular weight excluding hydrogens is 385 g/mol. The van der Waals surface area contributed by atoms with Crippen LogP contribution < -0.4 is 4.74 Å². The van der Waals surface area contributed by atoms with Gasteiger partial charge in [-0.15, -0.1) is 0 Å². The van der Waals surface area contributed by atoms with E-state index < -0.39 is 17.5 Å². The van der Waals surface area contributed by atoms with Gasteiger partial charge in [-0.05, 0) is 35.9 Å². The van der Waals surface area contributed by atoms with Crippen LogP contribution in [0.15, 0.2) is 67.3 Å². The number of fused-ring (bicyclic) bond motifs is 1. The third kappa shape index (κ3) is 4.93. The molecule has 0 spiro atoms. The number of hydrogen-bond acceptors (Lipinski definition) is 1. The van der Waals surface area contributed by atoms with Gasteiger partial charge in [0.2, 0.25) is 0 Å². The van der Waals surface area contributed by atoms with E-state index in [9.17, 15) is 13.2 Å². The molecule has 0 aliphatic carbocycles. The van der Waals surface area contributed by atoms with Gasteiger partial charge in [0.25, 0.3) is 0 Å². The molecular formula is C26H25F3O. The SMILES string of the molecule is C=CCOc1ccc2cc(C(F)=C(F)c3ccc(CCCCC)cc3)ccc2c1F. The van der Waals surface area contributed by atoms with Crippen LogP contribution in [0.1, 0.15) is 42.9 Å². The molecule has 0 unspecified atom stereocenters. The Kier molecular flexibility index (Phi) is 7.34. The average Bonchev–Trinajstić information content (AvgIpc) is 2.78. The van der Waals surface area contributed by atoms with Crippen molar-refractivity contribution in [2.75, 3.05) is 6.61 Å². The maximum atomic E-state index is 14.8. The number of unbranched alkanes of at least 4 members (excludes halogenated alkanes) is 2. The summed E-state index contributed by atoms with van der Waals surface area (Å²) in [5, 5.41) is 0.745. The van der Waals surface area contributed by atoms with Gasteiger partial charge in [-0.2, -0.15) is 0 Å². The van der Waals surface area contributed by atoms with Crippen molar-refractivity contribution in [3.8, 4) is 5.75 Å². The maximum absolute atomic E-state index is 14.8. The summed E-state index contributed by atoms with van der Waals surface area (Å²) in [6.45, 7) is 5.85. The normalized spacial score (nSPS) is 12.0. The molecule has 0 aliphatic heterocycles. The van der Waals surface area contributed by atoms with Crippen LogP contribution in [0, 0.1) is 5.82 Å². The molecule has 0 aliphatic rings. The first-order chi connectivity index (χ1) is 14.5. The molecule has 0 saturated carbocycles. The van der Waals surface area contributed by atoms with Crippen LogP contribution in [0.2, 0.25) is 0 Å². The molecule has 0 bridgehead atoms. The summed E-state index contributed by atoms with van der Waals surface area (Å²) in [7, 11) is 0. The highest BCUT2D eigenvalue weighted by Gasteiger charge is 2.14. The lowest BCUT2D eigenvalue weighted by Crippen LogP contribution is -1.96. The van der Waals surface area contributed by atoms with Crippen molar-refractivity contribution in [3.63, 3.8) is 0 Å². The fourth-order valence-corrected chi connectivity index (χ4v) is 3.32. The summed E-state index contributed by atoms with van der Waals surface area (Å²) < 4.78 is 49.4. The Morgan fingerprint density at radius 3 is 2.33 bits per heavy atom. The minimum Gasteiger partial charge on any atom is -0.486 e. The van der Waals surface area contributed by atoms with Crippen molar-refractivity contribution in [1.82, 2.24) is 0 Å². The van der Waals surface area contributed by atoms with Crippen LogP contribution in [0.3, 0.4) is 0 Å². The molecule has 0 saturated heterocycles. The van der Waals surface area contributed by atoms with Gasteiger partial charge in [-0.3, -0.25) is 0 Å². The Morgan fingerprint density at radius 2 is 1.63 bits per heavy atom. The summed E-state index contributed by atoms with van der Waals surface area (Å²) in [5.74, 6) is -2.34. The van der Waals surface area contributed by atoms with Gasteiger partial charge < -0.3 is 4.74 Å². The Morgan fingerprint density at radius 1 is 0.933 bits per heavy atom. The van der Waals surface area contributed by atoms with Crippen LogP contribution in [-0.4, -0.2) is 6.61 Å². The largest absolute Gasteiger partial charge is 0.486 e. The number of ether oxygens (including phenoxy) is 1. The van der Waals surface area contributed by atoms with Crippen LogP contribution in [0.4, 0.5) is 13.2 Å². The van der Waals surface area contributed by atoms with E-state index in [0.717, 1.165) is 31.2 Å². The van der Waals surface area contributed by atoms with E-state index in [1.54, 1.807) is 18.2 Å². The fraction of sp³-hybridized carbons (Fsp3) is 0.231. The lowest BCUT2D eigenvalue weighted by Gasteiger charge is -2.09. The summed E-state index contributed by atoms with van der Waals surface area (Å²) >= 11 is 0. The van der Waals surface area contributed by atoms with Crippen LogP contribution in [-0.2, 0) is 6.42 Å². The molecule has 3 rings (SSSR count). The lowest BCUT2D eigenvalue weighted by molar-refractivity contribution is 0.344. The first-order valence-corrected chi connectivity index (χ1v) is 10.2. The summed E-state index contributed by atoms with van der Waals surface area (Å²) in [6, 6.07) is 14.2. The zero-order valence-corrected chi connectivity index (χ0v) is 17.1. The van der Waals surface area contributed by atoms with Crippen molar-refractivity contribution in [2.24, 2.45) is 0 Å². The maximum Gasteiger partial charge on any atom is 0.172 e. The zero-order valence-electron chi connectivity index (χ0n) is 17.1. The van der Waals surface area contributed by atoms with E-state index in [1.807, 2.05) is 12.1 Å². The monoisotopic (exact) mass is 410 g/mol. The first kappa shape index (κ1) is 21.7. The zero-order chi connectivity index (χ0) is 21.5. The second kappa shape index (κ2) is 10.1. The molecule has 1 nitrogen and oxygen atoms in total. The highest BCUT2D eigenvalue weighted by Crippen LogP contribution is 2.33. The Balaban J connectivity index is 1.86. The smallest absolute Gasteiger partial charge is 0.172 e. The molecule has 0 aromatic heterocycles. The third-order valence-corrected chi connectivity index (χ3v) is 5.00. The molecule has 0 amide bonds. The first-order valence-electron chi connectivity index (χ1n) is 10.2. The molecule has 0 radical (unpaired) electrons. The van der Waals surface area contributed by atoms with Gasteiger partial charge in [0.1, 0.15) is 6.61 Å². The van der Waals surface area contributed by atoms with Crippen molar-refractivity contribution >= 4 is 22.4 Å². The van der Waals surface area contributed by atoms with E-state index in [4.69, 9.17) is 4.74 Å². The lowest BCUT2D eigenvalue weighted by atomic mass is 10.0. The molecule has 0 atom stereocenters. The average molecular weight is 410 g/mol. The number of halogens is 3. The predicted octanol–water partition coefficient (Wildman–Crippen LogP) is 8.04. The second-order valence-corrected chi connectivity index (χ2v) is 7.20. The molecule has 3 aromatic carbocycles. The number of aryl methyl sites for hydroxylation is 1. The van der Waals surface area contributed by atoms with E-state index >= 15 is 0 Å². The summed E-state index contributed by atoms with van der Waals surface area (Å²) in [5.41, 5.74) is 1.36. The van der Waals surface area contributed by atoms with E-state index in [2.05, 4.69) is 13.5 Å². The van der Waals surface area contributed by atoms with Gasteiger partial charge in [0.05, 0.1) is 0 Å². The van der Waals surface area contributed by atoms with Crippen molar-refractivity contribution < 1.29 is 17.9 Å². The van der Waals surface area contributed by atoms with E-state index in [-0.39, 0.29) is 28.9 Å². The molecule has 0 N–H and O–H groups in total. The van der Waals surface area contributed by atoms with Crippen LogP contribution in [0.5, 0.6) is 5.75 Å². The molecule has 3 aromatic rings. The highest BCUT2D eigenvalue weighted by molar-refractivity contribution is 5.91. The highest BCUT2D eigenvalue weighted by atomic mass is 19.2. The number of rotatable bonds is 9. The minimum absolute atomic E-state index is 0.0613. The quantitative estimate of drug-likeness (QED) is 0.197. The topological polar surface area (TPSA) is 9.23 Å². The van der Waals surface area contributed by atoms with E-state index in [1.165, 1.54) is 30.3 Å².